The number of rotatable bonds is 5. The molecule has 2 heterocycles. The minimum absolute atomic E-state index is 0.0459. The van der Waals surface area contributed by atoms with E-state index in [0.29, 0.717) is 22.7 Å². The van der Waals surface area contributed by atoms with Crippen molar-refractivity contribution in [3.63, 3.8) is 0 Å². The average molecular weight is 413 g/mol. The largest absolute Gasteiger partial charge is 0.496 e. The highest BCUT2D eigenvalue weighted by Crippen LogP contribution is 2.38. The molecular weight excluding hydrogens is 397 g/mol. The number of aryl methyl sites for hydroxylation is 1. The lowest BCUT2D eigenvalue weighted by atomic mass is 10.1. The molecule has 0 aliphatic carbocycles. The molecule has 3 aromatic rings. The summed E-state index contributed by atoms with van der Waals surface area (Å²) in [6, 6.07) is 3.29. The zero-order chi connectivity index (χ0) is 20.5. The van der Waals surface area contributed by atoms with Crippen LogP contribution < -0.4 is 15.4 Å². The van der Waals surface area contributed by atoms with Crippen LogP contribution in [0.25, 0.3) is 11.1 Å². The number of halogens is 4. The predicted octanol–water partition coefficient (Wildman–Crippen LogP) is 4.34. The van der Waals surface area contributed by atoms with E-state index in [9.17, 15) is 13.2 Å². The Hall–Kier alpha value is -3.01. The maximum atomic E-state index is 13.0. The monoisotopic (exact) mass is 412 g/mol. The van der Waals surface area contributed by atoms with Gasteiger partial charge in [0.1, 0.15) is 17.1 Å². The smallest absolute Gasteiger partial charge is 0.421 e. The third-order valence-electron chi connectivity index (χ3n) is 3.88. The predicted molar refractivity (Wildman–Crippen MR) is 100 cm³/mol. The molecule has 0 amide bonds. The van der Waals surface area contributed by atoms with Crippen LogP contribution in [0.5, 0.6) is 5.75 Å². The summed E-state index contributed by atoms with van der Waals surface area (Å²) in [5, 5.41) is 9.68. The van der Waals surface area contributed by atoms with E-state index in [1.54, 1.807) is 36.3 Å². The minimum Gasteiger partial charge on any atom is -0.496 e. The molecule has 3 rings (SSSR count). The van der Waals surface area contributed by atoms with E-state index in [0.717, 1.165) is 11.1 Å². The first-order chi connectivity index (χ1) is 13.2. The molecule has 2 aromatic heterocycles. The summed E-state index contributed by atoms with van der Waals surface area (Å²) in [6.45, 7) is 0. The molecular formula is C17H16ClF3N6O. The molecule has 28 heavy (non-hydrogen) atoms. The molecule has 0 bridgehead atoms. The molecule has 0 saturated carbocycles. The Morgan fingerprint density at radius 2 is 1.96 bits per heavy atom. The lowest BCUT2D eigenvalue weighted by molar-refractivity contribution is -0.137. The second-order valence-corrected chi connectivity index (χ2v) is 6.17. The number of benzene rings is 1. The van der Waals surface area contributed by atoms with Gasteiger partial charge in [0.2, 0.25) is 5.95 Å². The van der Waals surface area contributed by atoms with Crippen LogP contribution in [0.4, 0.5) is 30.6 Å². The van der Waals surface area contributed by atoms with E-state index in [-0.39, 0.29) is 11.8 Å². The Kier molecular flexibility index (Phi) is 5.32. The fourth-order valence-corrected chi connectivity index (χ4v) is 2.78. The van der Waals surface area contributed by atoms with Gasteiger partial charge >= 0.3 is 6.18 Å². The number of alkyl halides is 3. The van der Waals surface area contributed by atoms with Crippen molar-refractivity contribution in [3.05, 3.63) is 41.3 Å². The van der Waals surface area contributed by atoms with Gasteiger partial charge in [-0.05, 0) is 6.07 Å². The van der Waals surface area contributed by atoms with Crippen LogP contribution in [0, 0.1) is 0 Å². The van der Waals surface area contributed by atoms with Crippen molar-refractivity contribution >= 4 is 29.1 Å². The number of hydrogen-bond donors (Lipinski definition) is 2. The number of anilines is 3. The van der Waals surface area contributed by atoms with Crippen molar-refractivity contribution in [2.45, 2.75) is 6.18 Å². The fraction of sp³-hybridized carbons (Fsp3) is 0.235. The molecule has 0 radical (unpaired) electrons. The molecule has 7 nitrogen and oxygen atoms in total. The summed E-state index contributed by atoms with van der Waals surface area (Å²) < 4.78 is 46.0. The third kappa shape index (κ3) is 3.96. The molecule has 0 aliphatic heterocycles. The van der Waals surface area contributed by atoms with Gasteiger partial charge in [-0.15, -0.1) is 0 Å². The number of methoxy groups -OCH3 is 1. The Labute approximate surface area is 163 Å². The highest BCUT2D eigenvalue weighted by Gasteiger charge is 2.35. The van der Waals surface area contributed by atoms with Gasteiger partial charge < -0.3 is 15.4 Å². The summed E-state index contributed by atoms with van der Waals surface area (Å²) in [6.07, 6.45) is -0.391. The molecule has 0 unspecified atom stereocenters. The van der Waals surface area contributed by atoms with E-state index in [4.69, 9.17) is 16.3 Å². The van der Waals surface area contributed by atoms with Crippen molar-refractivity contribution in [3.8, 4) is 16.9 Å². The Morgan fingerprint density at radius 3 is 2.54 bits per heavy atom. The fourth-order valence-electron chi connectivity index (χ4n) is 2.56. The van der Waals surface area contributed by atoms with Crippen molar-refractivity contribution in [2.24, 2.45) is 7.05 Å². The van der Waals surface area contributed by atoms with Crippen LogP contribution in [0.2, 0.25) is 5.02 Å². The van der Waals surface area contributed by atoms with E-state index in [1.165, 1.54) is 14.2 Å². The normalized spacial score (nSPS) is 11.4. The summed E-state index contributed by atoms with van der Waals surface area (Å²) in [5.41, 5.74) is 0.940. The van der Waals surface area contributed by atoms with E-state index in [1.807, 2.05) is 0 Å². The van der Waals surface area contributed by atoms with Gasteiger partial charge in [-0.1, -0.05) is 11.6 Å². The highest BCUT2D eigenvalue weighted by atomic mass is 35.5. The SMILES string of the molecule is CNc1nc(Nc2cc(OC)c(-c3cnn(C)c3)cc2Cl)ncc1C(F)(F)F. The first-order valence-corrected chi connectivity index (χ1v) is 8.36. The van der Waals surface area contributed by atoms with Crippen molar-refractivity contribution in [1.29, 1.82) is 0 Å². The van der Waals surface area contributed by atoms with Crippen molar-refractivity contribution in [2.75, 3.05) is 24.8 Å². The quantitative estimate of drug-likeness (QED) is 0.649. The summed E-state index contributed by atoms with van der Waals surface area (Å²) in [5.74, 6) is 0.108. The van der Waals surface area contributed by atoms with Crippen LogP contribution in [0.15, 0.2) is 30.7 Å². The molecule has 2 N–H and O–H groups in total. The van der Waals surface area contributed by atoms with E-state index in [2.05, 4.69) is 25.7 Å². The standard InChI is InChI=1S/C17H16ClF3N6O/c1-22-15-11(17(19,20)21)7-23-16(26-15)25-13-5-14(28-3)10(4-12(13)18)9-6-24-27(2)8-9/h4-8H,1-3H3,(H2,22,23,25,26). The first-order valence-electron chi connectivity index (χ1n) is 7.98. The molecule has 0 fully saturated rings. The van der Waals surface area contributed by atoms with Gasteiger partial charge in [0.25, 0.3) is 0 Å². The number of aromatic nitrogens is 4. The second-order valence-electron chi connectivity index (χ2n) is 5.76. The average Bonchev–Trinajstić information content (AvgIpc) is 3.08. The van der Waals surface area contributed by atoms with Gasteiger partial charge in [0.05, 0.1) is 24.0 Å². The van der Waals surface area contributed by atoms with Gasteiger partial charge in [0, 0.05) is 43.7 Å². The van der Waals surface area contributed by atoms with Crippen molar-refractivity contribution < 1.29 is 17.9 Å². The van der Waals surface area contributed by atoms with Crippen LogP contribution in [-0.4, -0.2) is 33.9 Å². The zero-order valence-corrected chi connectivity index (χ0v) is 15.9. The molecule has 0 saturated heterocycles. The first kappa shape index (κ1) is 19.7. The molecule has 0 spiro atoms. The van der Waals surface area contributed by atoms with Gasteiger partial charge in [-0.2, -0.15) is 23.3 Å². The molecule has 0 aliphatic rings. The molecule has 1 aromatic carbocycles. The Bertz CT molecular complexity index is 1010. The summed E-state index contributed by atoms with van der Waals surface area (Å²) in [4.78, 5) is 7.60. The maximum absolute atomic E-state index is 13.0. The van der Waals surface area contributed by atoms with Gasteiger partial charge in [-0.3, -0.25) is 4.68 Å². The van der Waals surface area contributed by atoms with Crippen LogP contribution in [0.3, 0.4) is 0 Å². The maximum Gasteiger partial charge on any atom is 0.421 e. The minimum atomic E-state index is -4.57. The van der Waals surface area contributed by atoms with Crippen LogP contribution in [-0.2, 0) is 13.2 Å². The summed E-state index contributed by atoms with van der Waals surface area (Å²) in [7, 11) is 4.63. The van der Waals surface area contributed by atoms with Crippen LogP contribution >= 0.6 is 11.6 Å². The number of nitrogens with zero attached hydrogens (tertiary/aromatic N) is 4. The van der Waals surface area contributed by atoms with E-state index >= 15 is 0 Å². The molecule has 11 heteroatoms. The molecule has 0 atom stereocenters. The lowest BCUT2D eigenvalue weighted by Crippen LogP contribution is -2.12. The number of nitrogens with one attached hydrogen (secondary N) is 2. The lowest BCUT2D eigenvalue weighted by Gasteiger charge is -2.15. The third-order valence-corrected chi connectivity index (χ3v) is 4.20. The van der Waals surface area contributed by atoms with Gasteiger partial charge in [0.15, 0.2) is 0 Å². The highest BCUT2D eigenvalue weighted by molar-refractivity contribution is 6.33. The van der Waals surface area contributed by atoms with Gasteiger partial charge in [-0.25, -0.2) is 4.98 Å². The number of hydrogen-bond acceptors (Lipinski definition) is 6. The molecule has 148 valence electrons. The zero-order valence-electron chi connectivity index (χ0n) is 15.1. The van der Waals surface area contributed by atoms with Crippen LogP contribution in [0.1, 0.15) is 5.56 Å². The van der Waals surface area contributed by atoms with Crippen molar-refractivity contribution in [1.82, 2.24) is 19.7 Å². The second kappa shape index (κ2) is 7.55. The summed E-state index contributed by atoms with van der Waals surface area (Å²) >= 11 is 6.35. The Balaban J connectivity index is 1.97. The topological polar surface area (TPSA) is 76.9 Å². The number of ether oxygens (including phenoxy) is 1. The van der Waals surface area contributed by atoms with E-state index < -0.39 is 11.7 Å². The Morgan fingerprint density at radius 1 is 1.21 bits per heavy atom.